The summed E-state index contributed by atoms with van der Waals surface area (Å²) in [5.74, 6) is 0. The molecule has 0 spiro atoms. The Morgan fingerprint density at radius 1 is 0.223 bits per heavy atom. The summed E-state index contributed by atoms with van der Waals surface area (Å²) in [6, 6.07) is 125. The monoisotopic (exact) mass is 1530 g/mol. The van der Waals surface area contributed by atoms with E-state index >= 15 is 0 Å². The first kappa shape index (κ1) is 66.9. The molecule has 0 fully saturated rings. The molecule has 6 heteroatoms. The molecule has 112 heavy (non-hydrogen) atoms. The van der Waals surface area contributed by atoms with Gasteiger partial charge in [0.25, 0.3) is 0 Å². The summed E-state index contributed by atoms with van der Waals surface area (Å²) in [5, 5.41) is 49.4. The van der Waals surface area contributed by atoms with Crippen LogP contribution in [-0.2, 0) is 10.8 Å². The number of rotatable bonds is 4. The van der Waals surface area contributed by atoms with E-state index in [1.54, 1.807) is 17.4 Å². The molecule has 2 nitrogen and oxygen atoms in total. The molecule has 0 saturated heterocycles. The maximum atomic E-state index is 9.15. The fraction of sp³-hybridized carbons (Fsp3) is 0.0566. The second-order valence-electron chi connectivity index (χ2n) is 31.5. The lowest BCUT2D eigenvalue weighted by atomic mass is 9.79. The highest BCUT2D eigenvalue weighted by atomic mass is 79.9. The molecular formula is C106H70BBrO2S2. The molecule has 2 aliphatic rings. The average molecular weight is 1530 g/mol. The Morgan fingerprint density at radius 2 is 0.482 bits per heavy atom. The number of benzene rings is 20. The predicted octanol–water partition coefficient (Wildman–Crippen LogP) is 29.4. The van der Waals surface area contributed by atoms with Crippen LogP contribution < -0.4 is 5.46 Å². The van der Waals surface area contributed by atoms with Crippen LogP contribution in [0.25, 0.3) is 204 Å². The number of hydrogen-bond acceptors (Lipinski definition) is 4. The van der Waals surface area contributed by atoms with Crippen LogP contribution in [-0.4, -0.2) is 17.2 Å². The molecule has 24 rings (SSSR count). The first-order chi connectivity index (χ1) is 54.8. The quantitative estimate of drug-likeness (QED) is 0.105. The minimum atomic E-state index is -1.40. The van der Waals surface area contributed by atoms with Crippen molar-refractivity contribution in [3.63, 3.8) is 0 Å². The van der Waals surface area contributed by atoms with E-state index in [0.29, 0.717) is 5.46 Å². The minimum absolute atomic E-state index is 0.122. The summed E-state index contributed by atoms with van der Waals surface area (Å²) in [6.07, 6.45) is 0. The van der Waals surface area contributed by atoms with Crippen LogP contribution in [0.4, 0.5) is 0 Å². The van der Waals surface area contributed by atoms with Gasteiger partial charge in [0.15, 0.2) is 0 Å². The van der Waals surface area contributed by atoms with Gasteiger partial charge >= 0.3 is 7.12 Å². The maximum absolute atomic E-state index is 9.15. The van der Waals surface area contributed by atoms with Crippen LogP contribution in [0.1, 0.15) is 49.9 Å². The van der Waals surface area contributed by atoms with Gasteiger partial charge in [0.05, 0.1) is 0 Å². The number of thiophene rings is 2. The second kappa shape index (κ2) is 25.5. The van der Waals surface area contributed by atoms with E-state index in [1.807, 2.05) is 35.6 Å². The first-order valence-electron chi connectivity index (χ1n) is 38.6. The van der Waals surface area contributed by atoms with E-state index in [1.165, 1.54) is 221 Å². The lowest BCUT2D eigenvalue weighted by Crippen LogP contribution is -2.29. The molecular weight excluding hydrogens is 1460 g/mol. The molecule has 2 N–H and O–H groups in total. The average Bonchev–Trinajstić information content (AvgIpc) is 1.55. The van der Waals surface area contributed by atoms with Gasteiger partial charge in [-0.25, -0.2) is 0 Å². The van der Waals surface area contributed by atoms with Crippen LogP contribution in [0.3, 0.4) is 0 Å². The number of fused-ring (bicyclic) bond motifs is 28. The third-order valence-corrected chi connectivity index (χ3v) is 28.0. The molecule has 2 aromatic heterocycles. The third kappa shape index (κ3) is 10.1. The summed E-state index contributed by atoms with van der Waals surface area (Å²) >= 11 is 7.53. The molecule has 0 aliphatic heterocycles. The molecule has 0 amide bonds. The van der Waals surface area contributed by atoms with Crippen molar-refractivity contribution in [3.8, 4) is 55.6 Å². The Bertz CT molecular complexity index is 7720. The van der Waals surface area contributed by atoms with Crippen molar-refractivity contribution in [3.05, 3.63) is 366 Å². The molecule has 0 radical (unpaired) electrons. The van der Waals surface area contributed by atoms with Crippen molar-refractivity contribution in [1.82, 2.24) is 0 Å². The van der Waals surface area contributed by atoms with E-state index < -0.39 is 7.12 Å². The Morgan fingerprint density at radius 3 is 0.848 bits per heavy atom. The fourth-order valence-electron chi connectivity index (χ4n) is 19.5. The summed E-state index contributed by atoms with van der Waals surface area (Å²) in [4.78, 5) is 0. The molecule has 22 aromatic rings. The van der Waals surface area contributed by atoms with E-state index in [4.69, 9.17) is 10.0 Å². The lowest BCUT2D eigenvalue weighted by molar-refractivity contribution is 0.426. The van der Waals surface area contributed by atoms with Crippen LogP contribution in [0.2, 0.25) is 0 Å². The molecule has 2 heterocycles. The highest BCUT2D eigenvalue weighted by Crippen LogP contribution is 2.57. The molecule has 0 atom stereocenters. The molecule has 2 aliphatic carbocycles. The standard InChI is InChI=1S/C53H34S.C41H27Br.C12H9BO2S/c1-53(2)47-28-32(23-25-37(47)45-29-43-35-15-5-3-13-33(35)34-14-4-6-16-36(34)44(43)30-48(45)53)52-41-20-9-7-18-39(41)51(40-19-8-10-21-42(40)52)31-24-26-50-46(27-31)38-17-11-12-22-49(38)54-50;1-41(2)37-21-24(39-30-15-7-9-17-32(30)40(42)33-18-10-8-16-31(33)39)19-20-29(37)36-22-34-27-13-5-3-11-25(27)26-12-4-6-14-28(26)35(34)23-38(36)41;14-13(15)8-5-6-12-10(7-8)9-3-1-2-4-11(9)16-12/h3-30H,1-2H3;3-23H,1-2H3;1-7,14-15H. The SMILES string of the molecule is CC1(C)c2cc(-c3c4ccccc4c(-c4ccc5sc6ccccc6c5c4)c4ccccc34)ccc2-c2cc3c4ccccc4c4ccccc4c3cc21.CC1(C)c2cc(-c3c4ccccc4c(Br)c4ccccc34)ccc2-c2cc3c4ccccc4c4ccccc4c3cc21.OB(O)c1ccc2sc3ccccc3c2c1. The summed E-state index contributed by atoms with van der Waals surface area (Å²) in [5.41, 5.74) is 19.0. The summed E-state index contributed by atoms with van der Waals surface area (Å²) < 4.78 is 6.23. The molecule has 0 bridgehead atoms. The minimum Gasteiger partial charge on any atom is -0.423 e. The summed E-state index contributed by atoms with van der Waals surface area (Å²) in [7, 11) is -1.40. The predicted molar refractivity (Wildman–Crippen MR) is 489 cm³/mol. The first-order valence-corrected chi connectivity index (χ1v) is 41.0. The van der Waals surface area contributed by atoms with Crippen molar-refractivity contribution in [1.29, 1.82) is 0 Å². The van der Waals surface area contributed by atoms with Crippen LogP contribution in [0.5, 0.6) is 0 Å². The van der Waals surface area contributed by atoms with Crippen molar-refractivity contribution < 1.29 is 10.0 Å². The van der Waals surface area contributed by atoms with Gasteiger partial charge in [-0.05, 0) is 279 Å². The zero-order chi connectivity index (χ0) is 75.0. The lowest BCUT2D eigenvalue weighted by Gasteiger charge is -2.23. The number of halogens is 1. The highest BCUT2D eigenvalue weighted by molar-refractivity contribution is 9.10. The summed E-state index contributed by atoms with van der Waals surface area (Å²) in [6.45, 7) is 9.63. The molecule has 528 valence electrons. The largest absolute Gasteiger partial charge is 0.488 e. The zero-order valence-corrected chi connectivity index (χ0v) is 65.2. The van der Waals surface area contributed by atoms with Crippen LogP contribution in [0, 0.1) is 0 Å². The van der Waals surface area contributed by atoms with Gasteiger partial charge in [0, 0.05) is 50.3 Å². The number of hydrogen-bond donors (Lipinski definition) is 2. The van der Waals surface area contributed by atoms with Gasteiger partial charge in [0.1, 0.15) is 0 Å². The molecule has 0 saturated carbocycles. The second-order valence-corrected chi connectivity index (χ2v) is 34.5. The van der Waals surface area contributed by atoms with E-state index in [0.717, 1.165) is 9.86 Å². The van der Waals surface area contributed by atoms with E-state index in [9.17, 15) is 0 Å². The normalized spacial score (nSPS) is 13.3. The van der Waals surface area contributed by atoms with E-state index in [-0.39, 0.29) is 10.8 Å². The Labute approximate surface area is 664 Å². The van der Waals surface area contributed by atoms with Crippen molar-refractivity contribution in [2.24, 2.45) is 0 Å². The molecule has 20 aromatic carbocycles. The molecule has 0 unspecified atom stereocenters. The zero-order valence-electron chi connectivity index (χ0n) is 62.0. The highest BCUT2D eigenvalue weighted by Gasteiger charge is 2.39. The van der Waals surface area contributed by atoms with Gasteiger partial charge in [-0.15, -0.1) is 22.7 Å². The third-order valence-electron chi connectivity index (χ3n) is 24.8. The topological polar surface area (TPSA) is 40.5 Å². The van der Waals surface area contributed by atoms with Crippen molar-refractivity contribution in [2.45, 2.75) is 38.5 Å². The van der Waals surface area contributed by atoms with E-state index in [2.05, 4.69) is 353 Å². The van der Waals surface area contributed by atoms with Crippen LogP contribution >= 0.6 is 38.6 Å². The van der Waals surface area contributed by atoms with Gasteiger partial charge in [0.2, 0.25) is 0 Å². The van der Waals surface area contributed by atoms with Gasteiger partial charge in [-0.2, -0.15) is 0 Å². The smallest absolute Gasteiger partial charge is 0.423 e. The van der Waals surface area contributed by atoms with Gasteiger partial charge in [-0.1, -0.05) is 301 Å². The fourth-order valence-corrected chi connectivity index (χ4v) is 22.4. The maximum Gasteiger partial charge on any atom is 0.488 e. The van der Waals surface area contributed by atoms with Gasteiger partial charge in [-0.3, -0.25) is 0 Å². The van der Waals surface area contributed by atoms with Crippen LogP contribution in [0.15, 0.2) is 344 Å². The van der Waals surface area contributed by atoms with Gasteiger partial charge < -0.3 is 10.0 Å². The Kier molecular flexibility index (Phi) is 15.2. The van der Waals surface area contributed by atoms with Crippen molar-refractivity contribution in [2.75, 3.05) is 0 Å². The Hall–Kier alpha value is -12.1. The van der Waals surface area contributed by atoms with Crippen molar-refractivity contribution >= 4 is 199 Å². The Balaban J connectivity index is 0.000000117.